The van der Waals surface area contributed by atoms with E-state index in [9.17, 15) is 14.4 Å². The quantitative estimate of drug-likeness (QED) is 0.261. The summed E-state index contributed by atoms with van der Waals surface area (Å²) in [5, 5.41) is 10.9. The molecule has 2 heterocycles. The minimum Gasteiger partial charge on any atom is -0.444 e. The molecule has 2 aliphatic heterocycles. The van der Waals surface area contributed by atoms with Crippen molar-refractivity contribution >= 4 is 34.8 Å². The fourth-order valence-corrected chi connectivity index (χ4v) is 5.31. The van der Waals surface area contributed by atoms with Gasteiger partial charge in [0.05, 0.1) is 12.2 Å². The predicted octanol–water partition coefficient (Wildman–Crippen LogP) is 4.86. The lowest BCUT2D eigenvalue weighted by Gasteiger charge is -2.24. The normalized spacial score (nSPS) is 20.5. The Hall–Kier alpha value is -3.66. The van der Waals surface area contributed by atoms with Gasteiger partial charge in [-0.3, -0.25) is 25.7 Å². The van der Waals surface area contributed by atoms with Crippen LogP contribution in [-0.4, -0.2) is 64.9 Å². The van der Waals surface area contributed by atoms with E-state index in [1.807, 2.05) is 17.0 Å². The van der Waals surface area contributed by atoms with Crippen LogP contribution in [0.1, 0.15) is 72.8 Å². The van der Waals surface area contributed by atoms with Crippen LogP contribution in [0.25, 0.3) is 10.8 Å². The number of carbonyl (C=O) groups excluding carboxylic acids is 3. The number of nitrogens with zero attached hydrogens (tertiary/aromatic N) is 2. The van der Waals surface area contributed by atoms with Crippen LogP contribution >= 0.6 is 0 Å². The lowest BCUT2D eigenvalue weighted by molar-refractivity contribution is -0.130. The average Bonchev–Trinajstić information content (AvgIpc) is 3.38. The topological polar surface area (TPSA) is 121 Å². The third-order valence-electron chi connectivity index (χ3n) is 6.89. The maximum Gasteiger partial charge on any atom is 0.414 e. The number of alkyl carbamates (subject to hydrolysis) is 2. The van der Waals surface area contributed by atoms with Crippen molar-refractivity contribution < 1.29 is 23.9 Å². The highest BCUT2D eigenvalue weighted by molar-refractivity contribution is 6.01. The molecule has 222 valence electrons. The molecule has 4 rings (SSSR count). The van der Waals surface area contributed by atoms with Crippen molar-refractivity contribution in [3.63, 3.8) is 0 Å². The number of ether oxygens (including phenoxy) is 2. The largest absolute Gasteiger partial charge is 0.444 e. The third kappa shape index (κ3) is 8.66. The number of nitrogens with one attached hydrogen (secondary N) is 3. The number of amides is 3. The summed E-state index contributed by atoms with van der Waals surface area (Å²) in [6.07, 6.45) is 2.49. The minimum absolute atomic E-state index is 0.0553. The zero-order chi connectivity index (χ0) is 29.8. The van der Waals surface area contributed by atoms with Gasteiger partial charge in [0, 0.05) is 12.6 Å². The summed E-state index contributed by atoms with van der Waals surface area (Å²) in [6, 6.07) is 14.7. The number of guanidine groups is 1. The van der Waals surface area contributed by atoms with Gasteiger partial charge in [-0.15, -0.1) is 0 Å². The van der Waals surface area contributed by atoms with Gasteiger partial charge in [0.1, 0.15) is 11.2 Å². The number of hydrogen-bond acceptors (Lipinski definition) is 7. The molecule has 0 radical (unpaired) electrons. The Morgan fingerprint density at radius 1 is 0.951 bits per heavy atom. The first-order valence-corrected chi connectivity index (χ1v) is 14.4. The highest BCUT2D eigenvalue weighted by atomic mass is 16.6. The van der Waals surface area contributed by atoms with Crippen LogP contribution in [0.3, 0.4) is 0 Å². The second kappa shape index (κ2) is 12.5. The number of fused-ring (bicyclic) bond motifs is 2. The first-order valence-electron chi connectivity index (χ1n) is 14.4. The van der Waals surface area contributed by atoms with E-state index in [-0.39, 0.29) is 36.7 Å². The molecule has 0 saturated carbocycles. The molecular weight excluding hydrogens is 522 g/mol. The van der Waals surface area contributed by atoms with E-state index in [2.05, 4.69) is 51.3 Å². The zero-order valence-corrected chi connectivity index (χ0v) is 25.0. The molecule has 3 unspecified atom stereocenters. The summed E-state index contributed by atoms with van der Waals surface area (Å²) >= 11 is 0. The molecule has 0 spiro atoms. The van der Waals surface area contributed by atoms with Gasteiger partial charge in [-0.05, 0) is 90.0 Å². The van der Waals surface area contributed by atoms with Gasteiger partial charge in [-0.2, -0.15) is 0 Å². The molecule has 2 saturated heterocycles. The van der Waals surface area contributed by atoms with Crippen molar-refractivity contribution in [3.05, 3.63) is 48.0 Å². The Balaban J connectivity index is 1.32. The summed E-state index contributed by atoms with van der Waals surface area (Å²) in [5.41, 5.74) is -0.188. The van der Waals surface area contributed by atoms with Gasteiger partial charge >= 0.3 is 12.2 Å². The molecule has 2 fully saturated rings. The Morgan fingerprint density at radius 3 is 2.22 bits per heavy atom. The molecular formula is C31H43N5O5. The zero-order valence-electron chi connectivity index (χ0n) is 25.0. The van der Waals surface area contributed by atoms with Crippen molar-refractivity contribution in [3.8, 4) is 0 Å². The first-order chi connectivity index (χ1) is 19.3. The van der Waals surface area contributed by atoms with Crippen LogP contribution in [0.2, 0.25) is 0 Å². The second-order valence-corrected chi connectivity index (χ2v) is 12.7. The summed E-state index contributed by atoms with van der Waals surface area (Å²) in [7, 11) is 0. The summed E-state index contributed by atoms with van der Waals surface area (Å²) in [6.45, 7) is 10.8. The van der Waals surface area contributed by atoms with Crippen molar-refractivity contribution in [2.24, 2.45) is 4.99 Å². The molecule has 0 aromatic heterocycles. The van der Waals surface area contributed by atoms with Crippen molar-refractivity contribution in [1.82, 2.24) is 20.9 Å². The van der Waals surface area contributed by atoms with Gasteiger partial charge in [-0.1, -0.05) is 42.5 Å². The van der Waals surface area contributed by atoms with E-state index in [0.29, 0.717) is 12.8 Å². The molecule has 3 atom stereocenters. The minimum atomic E-state index is -0.738. The maximum absolute atomic E-state index is 13.4. The Morgan fingerprint density at radius 2 is 1.59 bits per heavy atom. The highest BCUT2D eigenvalue weighted by Crippen LogP contribution is 2.32. The van der Waals surface area contributed by atoms with E-state index >= 15 is 0 Å². The molecule has 3 amide bonds. The number of rotatable bonds is 6. The van der Waals surface area contributed by atoms with E-state index in [1.54, 1.807) is 41.5 Å². The Bertz CT molecular complexity index is 1260. The Kier molecular flexibility index (Phi) is 9.21. The SMILES string of the molecule is CC(C)(C)OC(=O)NC(=NCCCC1NC2CCC(Cc3ccc4ccccc4c3)N2C1=O)NC(=O)OC(C)(C)C. The molecule has 3 N–H and O–H groups in total. The molecule has 10 heteroatoms. The molecule has 0 aliphatic carbocycles. The van der Waals surface area contributed by atoms with Crippen LogP contribution in [0, 0.1) is 0 Å². The molecule has 10 nitrogen and oxygen atoms in total. The van der Waals surface area contributed by atoms with Crippen LogP contribution < -0.4 is 16.0 Å². The molecule has 2 aromatic carbocycles. The van der Waals surface area contributed by atoms with E-state index < -0.39 is 23.4 Å². The van der Waals surface area contributed by atoms with Crippen molar-refractivity contribution in [2.75, 3.05) is 6.54 Å². The molecule has 0 bridgehead atoms. The van der Waals surface area contributed by atoms with Crippen molar-refractivity contribution in [2.45, 2.75) is 103 Å². The number of hydrogen-bond donors (Lipinski definition) is 3. The summed E-state index contributed by atoms with van der Waals surface area (Å²) < 4.78 is 10.6. The Labute approximate surface area is 242 Å². The van der Waals surface area contributed by atoms with Crippen LogP contribution in [0.4, 0.5) is 9.59 Å². The van der Waals surface area contributed by atoms with Crippen LogP contribution in [-0.2, 0) is 20.7 Å². The highest BCUT2D eigenvalue weighted by Gasteiger charge is 2.45. The fraction of sp³-hybridized carbons (Fsp3) is 0.548. The molecule has 2 aliphatic rings. The lowest BCUT2D eigenvalue weighted by Crippen LogP contribution is -2.47. The number of benzene rings is 2. The van der Waals surface area contributed by atoms with Gasteiger partial charge in [0.15, 0.2) is 0 Å². The van der Waals surface area contributed by atoms with Gasteiger partial charge in [0.25, 0.3) is 0 Å². The van der Waals surface area contributed by atoms with Gasteiger partial charge in [0.2, 0.25) is 11.9 Å². The average molecular weight is 566 g/mol. The number of aliphatic imine (C=N–C) groups is 1. The molecule has 2 aromatic rings. The lowest BCUT2D eigenvalue weighted by atomic mass is 10.00. The van der Waals surface area contributed by atoms with Crippen LogP contribution in [0.5, 0.6) is 0 Å². The van der Waals surface area contributed by atoms with Gasteiger partial charge < -0.3 is 14.4 Å². The second-order valence-electron chi connectivity index (χ2n) is 12.7. The van der Waals surface area contributed by atoms with Crippen molar-refractivity contribution in [1.29, 1.82) is 0 Å². The monoisotopic (exact) mass is 565 g/mol. The van der Waals surface area contributed by atoms with Gasteiger partial charge in [-0.25, -0.2) is 9.59 Å². The number of carbonyl (C=O) groups is 3. The van der Waals surface area contributed by atoms with E-state index in [0.717, 1.165) is 19.3 Å². The summed E-state index contributed by atoms with van der Waals surface area (Å²) in [4.78, 5) is 44.3. The summed E-state index contributed by atoms with van der Waals surface area (Å²) in [5.74, 6) is 0.0662. The first kappa shape index (κ1) is 30.3. The standard InChI is InChI=1S/C31H43N5O5/c1-30(2,3)40-28(38)34-27(35-29(39)41-31(4,5)6)32-17-9-12-24-26(37)36-23(15-16-25(36)33-24)19-20-13-14-21-10-7-8-11-22(21)18-20/h7-8,10-11,13-14,18,23-25,33H,9,12,15-17,19H2,1-6H3,(H2,32,34,35,38,39). The fourth-order valence-electron chi connectivity index (χ4n) is 5.31. The predicted molar refractivity (Wildman–Crippen MR) is 159 cm³/mol. The van der Waals surface area contributed by atoms with E-state index in [4.69, 9.17) is 9.47 Å². The molecule has 41 heavy (non-hydrogen) atoms. The van der Waals surface area contributed by atoms with Crippen LogP contribution in [0.15, 0.2) is 47.5 Å². The smallest absolute Gasteiger partial charge is 0.414 e. The van der Waals surface area contributed by atoms with E-state index in [1.165, 1.54) is 16.3 Å². The third-order valence-corrected chi connectivity index (χ3v) is 6.89. The maximum atomic E-state index is 13.4.